The third-order valence-corrected chi connectivity index (χ3v) is 7.01. The van der Waals surface area contributed by atoms with E-state index in [-0.39, 0.29) is 34.4 Å². The molecular weight excluding hydrogens is 479 g/mol. The molecule has 0 spiro atoms. The highest BCUT2D eigenvalue weighted by atomic mass is 19.1. The summed E-state index contributed by atoms with van der Waals surface area (Å²) in [6.07, 6.45) is 4.92. The summed E-state index contributed by atoms with van der Waals surface area (Å²) in [4.78, 5) is 20.1. The number of benzene rings is 2. The van der Waals surface area contributed by atoms with Crippen LogP contribution in [0.4, 0.5) is 18.9 Å². The Labute approximate surface area is 214 Å². The van der Waals surface area contributed by atoms with Gasteiger partial charge < -0.3 is 10.2 Å². The number of aliphatic imine (C=N–C) groups is 1. The fraction of sp³-hybridized carbons (Fsp3) is 0.357. The van der Waals surface area contributed by atoms with Gasteiger partial charge in [0.05, 0.1) is 5.69 Å². The van der Waals surface area contributed by atoms with Crippen molar-refractivity contribution in [3.05, 3.63) is 88.8 Å². The van der Waals surface area contributed by atoms with Gasteiger partial charge in [0.15, 0.2) is 0 Å². The van der Waals surface area contributed by atoms with Crippen molar-refractivity contribution in [2.45, 2.75) is 45.1 Å². The summed E-state index contributed by atoms with van der Waals surface area (Å²) in [6.45, 7) is 7.69. The average molecular weight is 510 g/mol. The quantitative estimate of drug-likeness (QED) is 0.601. The Morgan fingerprint density at radius 2 is 1.68 bits per heavy atom. The summed E-state index contributed by atoms with van der Waals surface area (Å²) in [5, 5.41) is 6.81. The first kappa shape index (κ1) is 25.1. The molecule has 1 saturated heterocycles. The van der Waals surface area contributed by atoms with E-state index in [1.165, 1.54) is 18.3 Å². The first-order valence-corrected chi connectivity index (χ1v) is 12.4. The van der Waals surface area contributed by atoms with Gasteiger partial charge >= 0.3 is 0 Å². The minimum absolute atomic E-state index is 0.0641. The molecule has 0 radical (unpaired) electrons. The Morgan fingerprint density at radius 1 is 1.00 bits per heavy atom. The lowest BCUT2D eigenvalue weighted by molar-refractivity contribution is -0.128. The number of fused-ring (bicyclic) bond motifs is 1. The standard InChI is InChI=1S/C28H30F3N5O/c1-28(2,3)35-15-12-25-32-17-22(26(36(25)35)33-24-16-21(30)8-9-23(24)31)27(37)34-13-10-19(11-14-34)18-4-6-20(29)7-5-18/h4-9,12,16-17,19,33H,10-11,13-15H2,1-3H3. The number of carbonyl (C=O) groups excluding carboxylic acids is 1. The van der Waals surface area contributed by atoms with E-state index in [1.54, 1.807) is 22.0 Å². The van der Waals surface area contributed by atoms with Crippen molar-refractivity contribution >= 4 is 17.8 Å². The molecule has 37 heavy (non-hydrogen) atoms. The lowest BCUT2D eigenvalue weighted by atomic mass is 9.89. The van der Waals surface area contributed by atoms with Gasteiger partial charge in [0.2, 0.25) is 0 Å². The summed E-state index contributed by atoms with van der Waals surface area (Å²) in [5.41, 5.74) is 0.937. The van der Waals surface area contributed by atoms with Crippen LogP contribution in [0.5, 0.6) is 0 Å². The first-order valence-electron chi connectivity index (χ1n) is 12.4. The molecule has 1 fully saturated rings. The third kappa shape index (κ3) is 5.00. The molecule has 1 N–H and O–H groups in total. The Morgan fingerprint density at radius 3 is 2.35 bits per heavy atom. The summed E-state index contributed by atoms with van der Waals surface area (Å²) < 4.78 is 42.0. The highest BCUT2D eigenvalue weighted by Gasteiger charge is 2.40. The number of rotatable bonds is 4. The molecule has 6 nitrogen and oxygen atoms in total. The van der Waals surface area contributed by atoms with Crippen LogP contribution in [-0.2, 0) is 4.79 Å². The van der Waals surface area contributed by atoms with E-state index in [9.17, 15) is 18.0 Å². The molecule has 3 heterocycles. The molecule has 0 unspecified atom stereocenters. The number of anilines is 1. The lowest BCUT2D eigenvalue weighted by Gasteiger charge is -2.43. The minimum atomic E-state index is -0.629. The van der Waals surface area contributed by atoms with Gasteiger partial charge in [-0.05, 0) is 75.4 Å². The second kappa shape index (κ2) is 9.70. The fourth-order valence-corrected chi connectivity index (χ4v) is 5.00. The largest absolute Gasteiger partial charge is 0.338 e. The van der Waals surface area contributed by atoms with Gasteiger partial charge in [-0.2, -0.15) is 0 Å². The van der Waals surface area contributed by atoms with Gasteiger partial charge in [-0.15, -0.1) is 0 Å². The topological polar surface area (TPSA) is 51.2 Å². The number of halogens is 3. The van der Waals surface area contributed by atoms with Crippen molar-refractivity contribution in [1.82, 2.24) is 14.9 Å². The van der Waals surface area contributed by atoms with E-state index in [0.29, 0.717) is 31.3 Å². The summed E-state index contributed by atoms with van der Waals surface area (Å²) in [7, 11) is 0. The third-order valence-electron chi connectivity index (χ3n) is 7.01. The van der Waals surface area contributed by atoms with Gasteiger partial charge in [0, 0.05) is 37.5 Å². The van der Waals surface area contributed by atoms with E-state index in [2.05, 4.69) is 10.3 Å². The average Bonchev–Trinajstić information content (AvgIpc) is 3.32. The van der Waals surface area contributed by atoms with E-state index in [0.717, 1.165) is 36.6 Å². The van der Waals surface area contributed by atoms with Crippen molar-refractivity contribution < 1.29 is 18.0 Å². The molecule has 2 aromatic carbocycles. The minimum Gasteiger partial charge on any atom is -0.338 e. The predicted octanol–water partition coefficient (Wildman–Crippen LogP) is 5.39. The van der Waals surface area contributed by atoms with E-state index >= 15 is 0 Å². The zero-order valence-corrected chi connectivity index (χ0v) is 21.1. The van der Waals surface area contributed by atoms with Gasteiger partial charge in [0.25, 0.3) is 5.91 Å². The van der Waals surface area contributed by atoms with E-state index < -0.39 is 11.6 Å². The zero-order valence-electron chi connectivity index (χ0n) is 21.1. The Bertz CT molecular complexity index is 1290. The monoisotopic (exact) mass is 509 g/mol. The molecule has 1 amide bonds. The van der Waals surface area contributed by atoms with Gasteiger partial charge in [-0.25, -0.2) is 28.2 Å². The molecule has 0 bridgehead atoms. The number of amides is 1. The smallest absolute Gasteiger partial charge is 0.259 e. The van der Waals surface area contributed by atoms with Crippen LogP contribution in [0.25, 0.3) is 0 Å². The first-order chi connectivity index (χ1) is 17.6. The van der Waals surface area contributed by atoms with Crippen LogP contribution in [0.15, 0.2) is 70.7 Å². The number of hydrogen-bond donors (Lipinski definition) is 1. The summed E-state index contributed by atoms with van der Waals surface area (Å²) in [6, 6.07) is 9.70. The van der Waals surface area contributed by atoms with Crippen LogP contribution in [0, 0.1) is 17.5 Å². The van der Waals surface area contributed by atoms with Crippen molar-refractivity contribution in [3.63, 3.8) is 0 Å². The molecule has 0 aromatic heterocycles. The number of piperidine rings is 1. The van der Waals surface area contributed by atoms with Crippen LogP contribution >= 0.6 is 0 Å². The zero-order chi connectivity index (χ0) is 26.3. The number of nitrogens with zero attached hydrogens (tertiary/aromatic N) is 4. The molecule has 3 aliphatic rings. The number of carbonyl (C=O) groups is 1. The number of hydrogen-bond acceptors (Lipinski definition) is 5. The highest BCUT2D eigenvalue weighted by molar-refractivity contribution is 6.13. The maximum atomic E-state index is 14.7. The molecule has 0 atom stereocenters. The van der Waals surface area contributed by atoms with Crippen molar-refractivity contribution in [3.8, 4) is 0 Å². The van der Waals surface area contributed by atoms with Crippen LogP contribution in [0.2, 0.25) is 0 Å². The molecular formula is C28H30F3N5O. The maximum Gasteiger partial charge on any atom is 0.259 e. The molecule has 5 rings (SSSR count). The van der Waals surface area contributed by atoms with Gasteiger partial charge in [-0.1, -0.05) is 12.1 Å². The van der Waals surface area contributed by atoms with Gasteiger partial charge in [0.1, 0.15) is 34.7 Å². The van der Waals surface area contributed by atoms with Crippen LogP contribution < -0.4 is 5.32 Å². The van der Waals surface area contributed by atoms with E-state index in [1.807, 2.05) is 31.9 Å². The number of likely N-dealkylation sites (tertiary alicyclic amines) is 1. The fourth-order valence-electron chi connectivity index (χ4n) is 5.00. The van der Waals surface area contributed by atoms with Gasteiger partial charge in [-0.3, -0.25) is 4.79 Å². The van der Waals surface area contributed by atoms with Crippen molar-refractivity contribution in [2.75, 3.05) is 25.0 Å². The Hall–Kier alpha value is -3.59. The molecule has 9 heteroatoms. The molecule has 0 aliphatic carbocycles. The highest BCUT2D eigenvalue weighted by Crippen LogP contribution is 2.36. The molecule has 0 saturated carbocycles. The second-order valence-electron chi connectivity index (χ2n) is 10.5. The normalized spacial score (nSPS) is 18.8. The SMILES string of the molecule is CC(C)(C)N1CC=C2N=CC(C(=O)N3CCC(c4ccc(F)cc4)CC3)=C(Nc3cc(F)ccc3F)N21. The van der Waals surface area contributed by atoms with Crippen molar-refractivity contribution in [1.29, 1.82) is 0 Å². The van der Waals surface area contributed by atoms with Crippen LogP contribution in [0.1, 0.15) is 45.1 Å². The number of nitrogens with one attached hydrogen (secondary N) is 1. The Kier molecular flexibility index (Phi) is 6.58. The predicted molar refractivity (Wildman–Crippen MR) is 137 cm³/mol. The van der Waals surface area contributed by atoms with Crippen LogP contribution in [-0.4, -0.2) is 52.2 Å². The van der Waals surface area contributed by atoms with Crippen LogP contribution in [0.3, 0.4) is 0 Å². The van der Waals surface area contributed by atoms with E-state index in [4.69, 9.17) is 0 Å². The molecule has 194 valence electrons. The molecule has 3 aliphatic heterocycles. The van der Waals surface area contributed by atoms with Crippen molar-refractivity contribution in [2.24, 2.45) is 4.99 Å². The second-order valence-corrected chi connectivity index (χ2v) is 10.5. The molecule has 2 aromatic rings. The number of hydrazine groups is 1. The summed E-state index contributed by atoms with van der Waals surface area (Å²) in [5.74, 6) is -0.536. The lowest BCUT2D eigenvalue weighted by Crippen LogP contribution is -2.51. The Balaban J connectivity index is 1.45. The maximum absolute atomic E-state index is 14.7. The summed E-state index contributed by atoms with van der Waals surface area (Å²) >= 11 is 0.